The van der Waals surface area contributed by atoms with Crippen LogP contribution in [0.15, 0.2) is 0 Å². The van der Waals surface area contributed by atoms with Gasteiger partial charge in [-0.05, 0) is 26.7 Å². The number of aliphatic hydroxyl groups excluding tert-OH is 2. The van der Waals surface area contributed by atoms with E-state index in [2.05, 4.69) is 13.8 Å². The van der Waals surface area contributed by atoms with E-state index in [1.165, 1.54) is 0 Å². The van der Waals surface area contributed by atoms with Gasteiger partial charge in [0, 0.05) is 13.2 Å². The van der Waals surface area contributed by atoms with Crippen molar-refractivity contribution in [1.29, 1.82) is 0 Å². The smallest absolute Gasteiger partial charge is 0.151 e. The molecule has 0 aromatic rings. The first kappa shape index (κ1) is 24.0. The van der Waals surface area contributed by atoms with Gasteiger partial charge in [-0.2, -0.15) is 0 Å². The summed E-state index contributed by atoms with van der Waals surface area (Å²) in [7, 11) is 0. The molecule has 0 spiro atoms. The minimum absolute atomic E-state index is 0.474. The largest absolute Gasteiger partial charge is 0.379 e. The van der Waals surface area contributed by atoms with Crippen LogP contribution in [0.1, 0.15) is 53.4 Å². The van der Waals surface area contributed by atoms with Gasteiger partial charge in [0.2, 0.25) is 0 Å². The van der Waals surface area contributed by atoms with Crippen molar-refractivity contribution in [3.05, 3.63) is 0 Å². The lowest BCUT2D eigenvalue weighted by atomic mass is 10.4. The Morgan fingerprint density at radius 3 is 1.27 bits per heavy atom. The first-order valence-corrected chi connectivity index (χ1v) is 8.29. The van der Waals surface area contributed by atoms with Gasteiger partial charge in [-0.25, -0.2) is 0 Å². The first-order valence-electron chi connectivity index (χ1n) is 8.29. The summed E-state index contributed by atoms with van der Waals surface area (Å²) in [6, 6.07) is 0. The Morgan fingerprint density at radius 1 is 0.636 bits per heavy atom. The Bertz CT molecular complexity index is 167. The molecule has 0 aromatic carbocycles. The number of hydrogen-bond acceptors (Lipinski definition) is 6. The van der Waals surface area contributed by atoms with Gasteiger partial charge in [0.15, 0.2) is 12.6 Å². The summed E-state index contributed by atoms with van der Waals surface area (Å²) < 4.78 is 20.1. The quantitative estimate of drug-likeness (QED) is 0.377. The van der Waals surface area contributed by atoms with Gasteiger partial charge in [-0.15, -0.1) is 0 Å². The van der Waals surface area contributed by atoms with Crippen LogP contribution in [0.5, 0.6) is 0 Å². The van der Waals surface area contributed by atoms with E-state index < -0.39 is 12.6 Å². The van der Waals surface area contributed by atoms with Crippen LogP contribution in [-0.2, 0) is 18.9 Å². The van der Waals surface area contributed by atoms with Gasteiger partial charge in [0.25, 0.3) is 0 Å². The number of unbranched alkanes of at least 4 members (excludes halogenated alkanes) is 2. The van der Waals surface area contributed by atoms with E-state index in [9.17, 15) is 0 Å². The highest BCUT2D eigenvalue weighted by molar-refractivity contribution is 4.34. The maximum absolute atomic E-state index is 8.68. The molecule has 0 aliphatic carbocycles. The predicted molar refractivity (Wildman–Crippen MR) is 86.7 cm³/mol. The lowest BCUT2D eigenvalue weighted by Gasteiger charge is -2.06. The normalized spacial score (nSPS) is 13.4. The lowest BCUT2D eigenvalue weighted by molar-refractivity contribution is -0.0997. The zero-order valence-electron chi connectivity index (χ0n) is 14.8. The molecule has 0 saturated carbocycles. The van der Waals surface area contributed by atoms with Crippen molar-refractivity contribution in [3.8, 4) is 0 Å². The van der Waals surface area contributed by atoms with Crippen molar-refractivity contribution in [2.75, 3.05) is 39.6 Å². The van der Waals surface area contributed by atoms with E-state index in [0.29, 0.717) is 26.4 Å². The average molecular weight is 324 g/mol. The topological polar surface area (TPSA) is 77.4 Å². The number of aliphatic hydroxyl groups is 2. The Morgan fingerprint density at radius 2 is 1.00 bits per heavy atom. The maximum Gasteiger partial charge on any atom is 0.151 e. The molecule has 0 aliphatic heterocycles. The van der Waals surface area contributed by atoms with Crippen molar-refractivity contribution >= 4 is 0 Å². The van der Waals surface area contributed by atoms with Crippen LogP contribution in [0.3, 0.4) is 0 Å². The van der Waals surface area contributed by atoms with Crippen LogP contribution in [0.4, 0.5) is 0 Å². The zero-order valence-corrected chi connectivity index (χ0v) is 14.8. The summed E-state index contributed by atoms with van der Waals surface area (Å²) >= 11 is 0. The van der Waals surface area contributed by atoms with E-state index in [0.717, 1.165) is 38.9 Å². The number of ether oxygens (including phenoxy) is 4. The van der Waals surface area contributed by atoms with E-state index in [1.54, 1.807) is 13.8 Å². The molecule has 0 rings (SSSR count). The summed E-state index contributed by atoms with van der Waals surface area (Å²) in [5.41, 5.74) is 0. The van der Waals surface area contributed by atoms with Gasteiger partial charge in [0.05, 0.1) is 26.4 Å². The van der Waals surface area contributed by atoms with E-state index in [-0.39, 0.29) is 0 Å². The van der Waals surface area contributed by atoms with Crippen LogP contribution in [0.2, 0.25) is 0 Å². The SMILES string of the molecule is CCCCOCCOC(C)O.CCCCOCCOC(C)O. The van der Waals surface area contributed by atoms with Crippen molar-refractivity contribution in [3.63, 3.8) is 0 Å². The summed E-state index contributed by atoms with van der Waals surface area (Å²) in [5, 5.41) is 17.4. The summed E-state index contributed by atoms with van der Waals surface area (Å²) in [6.07, 6.45) is 3.13. The molecule has 0 saturated heterocycles. The molecule has 6 heteroatoms. The molecule has 0 amide bonds. The molecule has 22 heavy (non-hydrogen) atoms. The number of hydrogen-bond donors (Lipinski definition) is 2. The second-order valence-electron chi connectivity index (χ2n) is 4.87. The fourth-order valence-corrected chi connectivity index (χ4v) is 1.25. The zero-order chi connectivity index (χ0) is 17.1. The first-order chi connectivity index (χ1) is 10.5. The van der Waals surface area contributed by atoms with Gasteiger partial charge in [-0.1, -0.05) is 26.7 Å². The minimum Gasteiger partial charge on any atom is -0.379 e. The Labute approximate surface area is 135 Å². The summed E-state index contributed by atoms with van der Waals surface area (Å²) in [6.45, 7) is 11.1. The molecule has 2 unspecified atom stereocenters. The third-order valence-electron chi connectivity index (χ3n) is 2.46. The molecule has 0 aliphatic rings. The van der Waals surface area contributed by atoms with Crippen molar-refractivity contribution < 1.29 is 29.2 Å². The second kappa shape index (κ2) is 20.8. The molecule has 136 valence electrons. The minimum atomic E-state index is -0.676. The molecule has 2 atom stereocenters. The third kappa shape index (κ3) is 28.0. The molecule has 6 nitrogen and oxygen atoms in total. The third-order valence-corrected chi connectivity index (χ3v) is 2.46. The van der Waals surface area contributed by atoms with Crippen molar-refractivity contribution in [2.24, 2.45) is 0 Å². The monoisotopic (exact) mass is 324 g/mol. The molecule has 0 heterocycles. The molecular formula is C16H36O6. The van der Waals surface area contributed by atoms with Gasteiger partial charge < -0.3 is 29.2 Å². The highest BCUT2D eigenvalue weighted by atomic mass is 16.6. The van der Waals surface area contributed by atoms with Gasteiger partial charge in [0.1, 0.15) is 0 Å². The molecule has 0 aromatic heterocycles. The highest BCUT2D eigenvalue weighted by Crippen LogP contribution is 1.90. The van der Waals surface area contributed by atoms with Gasteiger partial charge >= 0.3 is 0 Å². The molecule has 2 N–H and O–H groups in total. The second-order valence-corrected chi connectivity index (χ2v) is 4.87. The molecule has 0 fully saturated rings. The Kier molecular flexibility index (Phi) is 22.7. The van der Waals surface area contributed by atoms with E-state index in [4.69, 9.17) is 29.2 Å². The molecule has 0 radical (unpaired) electrons. The standard InChI is InChI=1S/2C8H18O3/c2*1-3-4-5-10-6-7-11-8(2)9/h2*8-9H,3-7H2,1-2H3. The van der Waals surface area contributed by atoms with Gasteiger partial charge in [-0.3, -0.25) is 0 Å². The van der Waals surface area contributed by atoms with Crippen molar-refractivity contribution in [1.82, 2.24) is 0 Å². The Hall–Kier alpha value is -0.240. The highest BCUT2D eigenvalue weighted by Gasteiger charge is 1.94. The lowest BCUT2D eigenvalue weighted by Crippen LogP contribution is -2.12. The van der Waals surface area contributed by atoms with Crippen LogP contribution < -0.4 is 0 Å². The van der Waals surface area contributed by atoms with Crippen LogP contribution in [0, 0.1) is 0 Å². The molecule has 0 bridgehead atoms. The van der Waals surface area contributed by atoms with Crippen LogP contribution >= 0.6 is 0 Å². The average Bonchev–Trinajstić information content (AvgIpc) is 2.46. The fourth-order valence-electron chi connectivity index (χ4n) is 1.25. The van der Waals surface area contributed by atoms with Crippen LogP contribution in [-0.4, -0.2) is 62.4 Å². The molecular weight excluding hydrogens is 288 g/mol. The Balaban J connectivity index is 0. The number of rotatable bonds is 14. The van der Waals surface area contributed by atoms with E-state index >= 15 is 0 Å². The maximum atomic E-state index is 8.68. The fraction of sp³-hybridized carbons (Fsp3) is 1.00. The predicted octanol–water partition coefficient (Wildman–Crippen LogP) is 2.32. The van der Waals surface area contributed by atoms with E-state index in [1.807, 2.05) is 0 Å². The van der Waals surface area contributed by atoms with Crippen molar-refractivity contribution in [2.45, 2.75) is 66.0 Å². The van der Waals surface area contributed by atoms with Crippen LogP contribution in [0.25, 0.3) is 0 Å². The summed E-state index contributed by atoms with van der Waals surface area (Å²) in [4.78, 5) is 0. The summed E-state index contributed by atoms with van der Waals surface area (Å²) in [5.74, 6) is 0.